The number of benzene rings is 1. The molecule has 0 aromatic heterocycles. The van der Waals surface area contributed by atoms with Crippen molar-refractivity contribution >= 4 is 11.9 Å². The summed E-state index contributed by atoms with van der Waals surface area (Å²) in [6.07, 6.45) is 0.495. The highest BCUT2D eigenvalue weighted by atomic mass is 16.5. The third-order valence-corrected chi connectivity index (χ3v) is 5.06. The molecule has 7 heteroatoms. The Morgan fingerprint density at radius 1 is 1.28 bits per heavy atom. The zero-order valence-electron chi connectivity index (χ0n) is 14.4. The first kappa shape index (κ1) is 17.8. The van der Waals surface area contributed by atoms with Crippen molar-refractivity contribution in [2.45, 2.75) is 18.6 Å². The van der Waals surface area contributed by atoms with E-state index in [-0.39, 0.29) is 12.5 Å². The van der Waals surface area contributed by atoms with E-state index in [2.05, 4.69) is 0 Å². The Labute approximate surface area is 147 Å². The summed E-state index contributed by atoms with van der Waals surface area (Å²) in [5.41, 5.74) is 0.660. The van der Waals surface area contributed by atoms with E-state index in [1.165, 1.54) is 0 Å². The van der Waals surface area contributed by atoms with Gasteiger partial charge in [0.1, 0.15) is 5.54 Å². The number of carboxylic acids is 1. The summed E-state index contributed by atoms with van der Waals surface area (Å²) in [4.78, 5) is 28.2. The van der Waals surface area contributed by atoms with Crippen LogP contribution in [0.4, 0.5) is 0 Å². The van der Waals surface area contributed by atoms with Gasteiger partial charge in [0, 0.05) is 51.9 Å². The Balaban J connectivity index is 1.65. The van der Waals surface area contributed by atoms with Gasteiger partial charge in [-0.05, 0) is 17.7 Å². The monoisotopic (exact) mass is 348 g/mol. The predicted molar refractivity (Wildman–Crippen MR) is 90.4 cm³/mol. The van der Waals surface area contributed by atoms with Crippen molar-refractivity contribution in [1.82, 2.24) is 9.80 Å². The fraction of sp³-hybridized carbons (Fsp3) is 0.556. The minimum Gasteiger partial charge on any atom is -0.480 e. The molecule has 1 amide bonds. The van der Waals surface area contributed by atoms with E-state index in [0.717, 1.165) is 5.56 Å². The Hall–Kier alpha value is -1.96. The molecule has 136 valence electrons. The second kappa shape index (κ2) is 7.51. The molecular formula is C18H24N2O5. The standard InChI is InChI=1S/C18H24N2O5/c1-24-12-14-3-2-4-15(11-14)16(21)19-6-8-20(9-7-19)18(17(22)23)5-10-25-13-18/h2-4,11H,5-10,12-13H2,1H3,(H,22,23). The Bertz CT molecular complexity index is 634. The molecule has 1 unspecified atom stereocenters. The van der Waals surface area contributed by atoms with Gasteiger partial charge >= 0.3 is 5.97 Å². The molecule has 0 aliphatic carbocycles. The maximum Gasteiger partial charge on any atom is 0.326 e. The van der Waals surface area contributed by atoms with Crippen molar-refractivity contribution in [3.05, 3.63) is 35.4 Å². The minimum atomic E-state index is -0.937. The summed E-state index contributed by atoms with van der Waals surface area (Å²) >= 11 is 0. The molecule has 2 heterocycles. The van der Waals surface area contributed by atoms with Crippen molar-refractivity contribution in [2.24, 2.45) is 0 Å². The van der Waals surface area contributed by atoms with Gasteiger partial charge in [-0.3, -0.25) is 14.5 Å². The molecule has 2 aliphatic heterocycles. The zero-order chi connectivity index (χ0) is 17.9. The molecular weight excluding hydrogens is 324 g/mol. The number of rotatable bonds is 5. The lowest BCUT2D eigenvalue weighted by molar-refractivity contribution is -0.152. The molecule has 0 radical (unpaired) electrons. The zero-order valence-corrected chi connectivity index (χ0v) is 14.4. The van der Waals surface area contributed by atoms with Crippen LogP contribution < -0.4 is 0 Å². The van der Waals surface area contributed by atoms with Crippen molar-refractivity contribution in [3.63, 3.8) is 0 Å². The smallest absolute Gasteiger partial charge is 0.326 e. The first-order chi connectivity index (χ1) is 12.1. The second-order valence-corrected chi connectivity index (χ2v) is 6.55. The highest BCUT2D eigenvalue weighted by Crippen LogP contribution is 2.28. The van der Waals surface area contributed by atoms with Crippen LogP contribution in [0, 0.1) is 0 Å². The molecule has 0 bridgehead atoms. The second-order valence-electron chi connectivity index (χ2n) is 6.55. The lowest BCUT2D eigenvalue weighted by Crippen LogP contribution is -2.61. The number of hydrogen-bond donors (Lipinski definition) is 1. The SMILES string of the molecule is COCc1cccc(C(=O)N2CCN(C3(C(=O)O)CCOC3)CC2)c1. The topological polar surface area (TPSA) is 79.3 Å². The average molecular weight is 348 g/mol. The van der Waals surface area contributed by atoms with Gasteiger partial charge in [-0.2, -0.15) is 0 Å². The average Bonchev–Trinajstić information content (AvgIpc) is 3.13. The van der Waals surface area contributed by atoms with E-state index >= 15 is 0 Å². The van der Waals surface area contributed by atoms with Crippen LogP contribution in [0.2, 0.25) is 0 Å². The van der Waals surface area contributed by atoms with Gasteiger partial charge in [-0.25, -0.2) is 0 Å². The molecule has 1 N–H and O–H groups in total. The first-order valence-electron chi connectivity index (χ1n) is 8.50. The maximum atomic E-state index is 12.7. The van der Waals surface area contributed by atoms with Gasteiger partial charge in [-0.15, -0.1) is 0 Å². The lowest BCUT2D eigenvalue weighted by atomic mass is 9.95. The lowest BCUT2D eigenvalue weighted by Gasteiger charge is -2.42. The Morgan fingerprint density at radius 2 is 2.04 bits per heavy atom. The molecule has 2 saturated heterocycles. The predicted octanol–water partition coefficient (Wildman–Crippen LogP) is 0.835. The summed E-state index contributed by atoms with van der Waals surface area (Å²) in [6.45, 7) is 3.27. The normalized spacial score (nSPS) is 24.4. The van der Waals surface area contributed by atoms with Gasteiger partial charge in [0.15, 0.2) is 0 Å². The van der Waals surface area contributed by atoms with Gasteiger partial charge in [0.05, 0.1) is 13.2 Å². The molecule has 25 heavy (non-hydrogen) atoms. The van der Waals surface area contributed by atoms with E-state index in [1.807, 2.05) is 23.1 Å². The van der Waals surface area contributed by atoms with Gasteiger partial charge < -0.3 is 19.5 Å². The van der Waals surface area contributed by atoms with Gasteiger partial charge in [-0.1, -0.05) is 12.1 Å². The van der Waals surface area contributed by atoms with E-state index in [0.29, 0.717) is 51.4 Å². The summed E-state index contributed by atoms with van der Waals surface area (Å²) in [7, 11) is 1.62. The molecule has 2 fully saturated rings. The number of carbonyl (C=O) groups is 2. The highest BCUT2D eigenvalue weighted by Gasteiger charge is 2.48. The molecule has 2 aliphatic rings. The number of piperazine rings is 1. The fourth-order valence-corrected chi connectivity index (χ4v) is 3.59. The number of aliphatic carboxylic acids is 1. The Kier molecular flexibility index (Phi) is 5.36. The molecule has 1 atom stereocenters. The van der Waals surface area contributed by atoms with E-state index in [4.69, 9.17) is 9.47 Å². The van der Waals surface area contributed by atoms with Crippen molar-refractivity contribution < 1.29 is 24.2 Å². The number of nitrogens with zero attached hydrogens (tertiary/aromatic N) is 2. The van der Waals surface area contributed by atoms with Crippen molar-refractivity contribution in [2.75, 3.05) is 46.5 Å². The van der Waals surface area contributed by atoms with Crippen LogP contribution in [0.5, 0.6) is 0 Å². The maximum absolute atomic E-state index is 12.7. The number of methoxy groups -OCH3 is 1. The summed E-state index contributed by atoms with van der Waals surface area (Å²) < 4.78 is 10.5. The van der Waals surface area contributed by atoms with Crippen molar-refractivity contribution in [1.29, 1.82) is 0 Å². The van der Waals surface area contributed by atoms with Gasteiger partial charge in [0.25, 0.3) is 5.91 Å². The van der Waals surface area contributed by atoms with Crippen molar-refractivity contribution in [3.8, 4) is 0 Å². The third kappa shape index (κ3) is 3.53. The number of amides is 1. The summed E-state index contributed by atoms with van der Waals surface area (Å²) in [5, 5.41) is 9.64. The third-order valence-electron chi connectivity index (χ3n) is 5.06. The van der Waals surface area contributed by atoms with Crippen LogP contribution in [0.25, 0.3) is 0 Å². The molecule has 7 nitrogen and oxygen atoms in total. The van der Waals surface area contributed by atoms with Gasteiger partial charge in [0.2, 0.25) is 0 Å². The van der Waals surface area contributed by atoms with Crippen LogP contribution in [-0.2, 0) is 20.9 Å². The number of ether oxygens (including phenoxy) is 2. The first-order valence-corrected chi connectivity index (χ1v) is 8.50. The van der Waals surface area contributed by atoms with Crippen LogP contribution in [-0.4, -0.2) is 78.8 Å². The molecule has 1 aromatic rings. The number of carbonyl (C=O) groups excluding carboxylic acids is 1. The largest absolute Gasteiger partial charge is 0.480 e. The van der Waals surface area contributed by atoms with Crippen LogP contribution in [0.15, 0.2) is 24.3 Å². The van der Waals surface area contributed by atoms with Crippen LogP contribution in [0.1, 0.15) is 22.3 Å². The molecule has 1 aromatic carbocycles. The van der Waals surface area contributed by atoms with Crippen LogP contribution in [0.3, 0.4) is 0 Å². The number of carboxylic acid groups (broad SMARTS) is 1. The number of hydrogen-bond acceptors (Lipinski definition) is 5. The molecule has 0 saturated carbocycles. The summed E-state index contributed by atoms with van der Waals surface area (Å²) in [6, 6.07) is 7.43. The highest BCUT2D eigenvalue weighted by molar-refractivity contribution is 5.94. The molecule has 3 rings (SSSR count). The van der Waals surface area contributed by atoms with E-state index in [1.54, 1.807) is 18.1 Å². The Morgan fingerprint density at radius 3 is 2.64 bits per heavy atom. The van der Waals surface area contributed by atoms with E-state index in [9.17, 15) is 14.7 Å². The summed E-state index contributed by atoms with van der Waals surface area (Å²) in [5.74, 6) is -0.860. The quantitative estimate of drug-likeness (QED) is 0.849. The molecule has 0 spiro atoms. The van der Waals surface area contributed by atoms with Crippen LogP contribution >= 0.6 is 0 Å². The van der Waals surface area contributed by atoms with E-state index < -0.39 is 11.5 Å². The minimum absolute atomic E-state index is 0.0235. The fourth-order valence-electron chi connectivity index (χ4n) is 3.59.